The molecule has 0 aromatic carbocycles. The Hall–Kier alpha value is -0.650. The van der Waals surface area contributed by atoms with E-state index < -0.39 is 18.4 Å². The number of carbonyl (C=O) groups is 1. The fourth-order valence-electron chi connectivity index (χ4n) is 0.859. The number of carboxylic acids is 1. The Morgan fingerprint density at radius 1 is 1.38 bits per heavy atom. The van der Waals surface area contributed by atoms with Crippen LogP contribution in [0.3, 0.4) is 0 Å². The van der Waals surface area contributed by atoms with Gasteiger partial charge in [-0.3, -0.25) is 15.0 Å². The average molecular weight is 190 g/mol. The molecule has 5 heteroatoms. The first-order valence-corrected chi connectivity index (χ1v) is 4.19. The third-order valence-electron chi connectivity index (χ3n) is 1.75. The van der Waals surface area contributed by atoms with Gasteiger partial charge >= 0.3 is 5.97 Å². The molecule has 0 heterocycles. The van der Waals surface area contributed by atoms with Gasteiger partial charge in [0.25, 0.3) is 0 Å². The van der Waals surface area contributed by atoms with E-state index in [-0.39, 0.29) is 5.92 Å². The van der Waals surface area contributed by atoms with Crippen molar-refractivity contribution < 1.29 is 15.0 Å². The van der Waals surface area contributed by atoms with Gasteiger partial charge in [0.15, 0.2) is 6.35 Å². The van der Waals surface area contributed by atoms with Gasteiger partial charge in [-0.1, -0.05) is 13.8 Å². The van der Waals surface area contributed by atoms with Crippen LogP contribution in [0, 0.1) is 5.92 Å². The van der Waals surface area contributed by atoms with Crippen LogP contribution < -0.4 is 5.32 Å². The lowest BCUT2D eigenvalue weighted by atomic mass is 10.1. The summed E-state index contributed by atoms with van der Waals surface area (Å²) in [6, 6.07) is -0.725. The number of hydrogen-bond donors (Lipinski definition) is 3. The molecule has 0 saturated carbocycles. The molecule has 0 spiro atoms. The number of carboxylic acid groups (broad SMARTS) is 1. The van der Waals surface area contributed by atoms with Crippen LogP contribution >= 0.6 is 0 Å². The van der Waals surface area contributed by atoms with E-state index in [1.807, 2.05) is 0 Å². The molecule has 0 radical (unpaired) electrons. The number of nitrogens with one attached hydrogen (secondary N) is 1. The molecule has 0 aliphatic rings. The molecule has 0 rings (SSSR count). The molecule has 1 unspecified atom stereocenters. The van der Waals surface area contributed by atoms with Crippen LogP contribution in [0.4, 0.5) is 0 Å². The van der Waals surface area contributed by atoms with Gasteiger partial charge in [0.2, 0.25) is 0 Å². The van der Waals surface area contributed by atoms with Crippen LogP contribution in [0.5, 0.6) is 0 Å². The zero-order valence-corrected chi connectivity index (χ0v) is 8.48. The summed E-state index contributed by atoms with van der Waals surface area (Å²) in [5, 5.41) is 20.7. The Morgan fingerprint density at radius 3 is 2.08 bits per heavy atom. The molecule has 13 heavy (non-hydrogen) atoms. The van der Waals surface area contributed by atoms with Crippen LogP contribution in [0.2, 0.25) is 0 Å². The van der Waals surface area contributed by atoms with Crippen LogP contribution in [-0.4, -0.2) is 47.6 Å². The molecule has 0 aromatic heterocycles. The molecule has 0 fully saturated rings. The van der Waals surface area contributed by atoms with Crippen molar-refractivity contribution in [3.8, 4) is 0 Å². The molecule has 2 atom stereocenters. The zero-order valence-electron chi connectivity index (χ0n) is 8.48. The number of aliphatic hydroxyl groups excluding tert-OH is 1. The maximum atomic E-state index is 10.7. The first-order chi connectivity index (χ1) is 5.86. The van der Waals surface area contributed by atoms with Crippen LogP contribution in [-0.2, 0) is 4.79 Å². The van der Waals surface area contributed by atoms with E-state index in [0.29, 0.717) is 0 Å². The third kappa shape index (κ3) is 4.21. The number of nitrogens with zero attached hydrogens (tertiary/aromatic N) is 1. The molecule has 0 aromatic rings. The molecular weight excluding hydrogens is 172 g/mol. The first-order valence-electron chi connectivity index (χ1n) is 4.19. The molecular formula is C8H18N2O3. The second kappa shape index (κ2) is 5.16. The summed E-state index contributed by atoms with van der Waals surface area (Å²) in [6.07, 6.45) is -0.927. The lowest BCUT2D eigenvalue weighted by Crippen LogP contribution is -2.51. The van der Waals surface area contributed by atoms with Crippen LogP contribution in [0.15, 0.2) is 0 Å². The maximum absolute atomic E-state index is 10.7. The largest absolute Gasteiger partial charge is 0.480 e. The molecule has 5 nitrogen and oxygen atoms in total. The topological polar surface area (TPSA) is 72.8 Å². The monoisotopic (exact) mass is 190 g/mol. The van der Waals surface area contributed by atoms with Crippen molar-refractivity contribution in [1.29, 1.82) is 0 Å². The van der Waals surface area contributed by atoms with E-state index in [1.165, 1.54) is 4.90 Å². The summed E-state index contributed by atoms with van der Waals surface area (Å²) in [5.41, 5.74) is 0. The van der Waals surface area contributed by atoms with E-state index in [9.17, 15) is 9.90 Å². The van der Waals surface area contributed by atoms with Gasteiger partial charge in [0, 0.05) is 0 Å². The van der Waals surface area contributed by atoms with Gasteiger partial charge in [-0.05, 0) is 20.0 Å². The van der Waals surface area contributed by atoms with Crippen molar-refractivity contribution in [3.05, 3.63) is 0 Å². The summed E-state index contributed by atoms with van der Waals surface area (Å²) in [5.74, 6) is -1.01. The van der Waals surface area contributed by atoms with Gasteiger partial charge in [0.05, 0.1) is 0 Å². The quantitative estimate of drug-likeness (QED) is 0.511. The summed E-state index contributed by atoms with van der Waals surface area (Å²) >= 11 is 0. The highest BCUT2D eigenvalue weighted by atomic mass is 16.4. The summed E-state index contributed by atoms with van der Waals surface area (Å²) in [7, 11) is 3.33. The summed E-state index contributed by atoms with van der Waals surface area (Å²) in [6.45, 7) is 3.57. The Balaban J connectivity index is 4.18. The highest BCUT2D eigenvalue weighted by Crippen LogP contribution is 2.02. The lowest BCUT2D eigenvalue weighted by Gasteiger charge is -2.25. The SMILES string of the molecule is CC(C)[C@H](NC(O)N(C)C)C(=O)O. The van der Waals surface area contributed by atoms with Gasteiger partial charge in [-0.2, -0.15) is 0 Å². The molecule has 0 saturated heterocycles. The van der Waals surface area contributed by atoms with Crippen molar-refractivity contribution in [3.63, 3.8) is 0 Å². The average Bonchev–Trinajstić information content (AvgIpc) is 1.97. The predicted octanol–water partition coefficient (Wildman–Crippen LogP) is -0.477. The van der Waals surface area contributed by atoms with E-state index in [4.69, 9.17) is 5.11 Å². The Labute approximate surface area is 78.4 Å². The van der Waals surface area contributed by atoms with Crippen molar-refractivity contribution in [2.45, 2.75) is 26.2 Å². The van der Waals surface area contributed by atoms with E-state index >= 15 is 0 Å². The first kappa shape index (κ1) is 12.3. The number of hydrogen-bond acceptors (Lipinski definition) is 4. The minimum absolute atomic E-state index is 0.0629. The van der Waals surface area contributed by atoms with Crippen molar-refractivity contribution in [2.24, 2.45) is 5.92 Å². The number of aliphatic hydroxyl groups is 1. The fourth-order valence-corrected chi connectivity index (χ4v) is 0.859. The van der Waals surface area contributed by atoms with Crippen molar-refractivity contribution in [1.82, 2.24) is 10.2 Å². The Kier molecular flexibility index (Phi) is 4.90. The van der Waals surface area contributed by atoms with Gasteiger partial charge in [-0.25, -0.2) is 0 Å². The summed E-state index contributed by atoms with van der Waals surface area (Å²) in [4.78, 5) is 12.2. The Morgan fingerprint density at radius 2 is 1.85 bits per heavy atom. The zero-order chi connectivity index (χ0) is 10.6. The van der Waals surface area contributed by atoms with E-state index in [0.717, 1.165) is 0 Å². The van der Waals surface area contributed by atoms with Gasteiger partial charge in [0.1, 0.15) is 6.04 Å². The van der Waals surface area contributed by atoms with Crippen LogP contribution in [0.1, 0.15) is 13.8 Å². The molecule has 3 N–H and O–H groups in total. The van der Waals surface area contributed by atoms with Gasteiger partial charge in [-0.15, -0.1) is 0 Å². The van der Waals surface area contributed by atoms with Gasteiger partial charge < -0.3 is 10.2 Å². The second-order valence-electron chi connectivity index (χ2n) is 3.56. The normalized spacial score (nSPS) is 16.2. The fraction of sp³-hybridized carbons (Fsp3) is 0.875. The molecule has 78 valence electrons. The predicted molar refractivity (Wildman–Crippen MR) is 49.1 cm³/mol. The second-order valence-corrected chi connectivity index (χ2v) is 3.56. The number of aliphatic carboxylic acids is 1. The highest BCUT2D eigenvalue weighted by molar-refractivity contribution is 5.73. The summed E-state index contributed by atoms with van der Waals surface area (Å²) < 4.78 is 0. The van der Waals surface area contributed by atoms with Crippen LogP contribution in [0.25, 0.3) is 0 Å². The Bertz CT molecular complexity index is 171. The maximum Gasteiger partial charge on any atom is 0.321 e. The molecule has 0 bridgehead atoms. The van der Waals surface area contributed by atoms with E-state index in [2.05, 4.69) is 5.32 Å². The standard InChI is InChI=1S/C8H18N2O3/c1-5(2)6(7(11)12)9-8(13)10(3)4/h5-6,8-9,13H,1-4H3,(H,11,12)/t6-,8?/m0/s1. The molecule has 0 amide bonds. The van der Waals surface area contributed by atoms with E-state index in [1.54, 1.807) is 27.9 Å². The lowest BCUT2D eigenvalue weighted by molar-refractivity contribution is -0.143. The smallest absolute Gasteiger partial charge is 0.321 e. The number of rotatable bonds is 5. The minimum atomic E-state index is -0.948. The molecule has 0 aliphatic heterocycles. The van der Waals surface area contributed by atoms with Crippen molar-refractivity contribution in [2.75, 3.05) is 14.1 Å². The third-order valence-corrected chi connectivity index (χ3v) is 1.75. The minimum Gasteiger partial charge on any atom is -0.480 e. The molecule has 0 aliphatic carbocycles. The van der Waals surface area contributed by atoms with Crippen molar-refractivity contribution >= 4 is 5.97 Å². The highest BCUT2D eigenvalue weighted by Gasteiger charge is 2.24.